The van der Waals surface area contributed by atoms with Gasteiger partial charge < -0.3 is 0 Å². The molecule has 0 aromatic heterocycles. The van der Waals surface area contributed by atoms with Crippen molar-refractivity contribution in [2.75, 3.05) is 0 Å². The van der Waals surface area contributed by atoms with Crippen molar-refractivity contribution in [3.8, 4) is 0 Å². The fraction of sp³-hybridized carbons (Fsp3) is 0.800. The molecule has 0 amide bonds. The van der Waals surface area contributed by atoms with Gasteiger partial charge in [-0.2, -0.15) is 0 Å². The maximum absolute atomic E-state index is 2.33. The molecule has 0 radical (unpaired) electrons. The highest BCUT2D eigenvalue weighted by Gasteiger charge is 2.12. The Labute approximate surface area is 65.3 Å². The van der Waals surface area contributed by atoms with Crippen molar-refractivity contribution in [3.05, 3.63) is 12.2 Å². The van der Waals surface area contributed by atoms with Crippen LogP contribution >= 0.6 is 0 Å². The molecule has 0 bridgehead atoms. The first-order chi connectivity index (χ1) is 4.62. The summed E-state index contributed by atoms with van der Waals surface area (Å²) >= 11 is 0. The average Bonchev–Trinajstić information content (AvgIpc) is 1.89. The summed E-state index contributed by atoms with van der Waals surface area (Å²) in [4.78, 5) is 0. The maximum atomic E-state index is 2.33. The predicted octanol–water partition coefficient (Wildman–Crippen LogP) is 3.78. The molecule has 0 N–H and O–H groups in total. The van der Waals surface area contributed by atoms with Crippen molar-refractivity contribution in [1.29, 1.82) is 0 Å². The molecule has 0 saturated carbocycles. The maximum Gasteiger partial charge on any atom is -0.0346 e. The summed E-state index contributed by atoms with van der Waals surface area (Å²) in [5.41, 5.74) is 0.541. The van der Waals surface area contributed by atoms with Crippen LogP contribution in [0.15, 0.2) is 12.2 Å². The molecule has 0 aromatic carbocycles. The minimum absolute atomic E-state index is 0.541. The van der Waals surface area contributed by atoms with E-state index < -0.39 is 0 Å². The van der Waals surface area contributed by atoms with Gasteiger partial charge in [-0.25, -0.2) is 0 Å². The van der Waals surface area contributed by atoms with Crippen LogP contribution in [-0.4, -0.2) is 0 Å². The molecule has 0 unspecified atom stereocenters. The lowest BCUT2D eigenvalue weighted by Crippen LogP contribution is -2.08. The third-order valence-electron chi connectivity index (χ3n) is 2.18. The van der Waals surface area contributed by atoms with Crippen LogP contribution in [0.3, 0.4) is 0 Å². The monoisotopic (exact) mass is 140 g/mol. The first-order valence-corrected chi connectivity index (χ1v) is 4.23. The highest BCUT2D eigenvalue weighted by atomic mass is 14.2. The summed E-state index contributed by atoms with van der Waals surface area (Å²) in [5.74, 6) is 0. The fourth-order valence-corrected chi connectivity index (χ4v) is 0.818. The molecule has 0 atom stereocenters. The molecule has 0 aliphatic rings. The van der Waals surface area contributed by atoms with Crippen LogP contribution in [0.25, 0.3) is 0 Å². The minimum atomic E-state index is 0.541. The van der Waals surface area contributed by atoms with Crippen LogP contribution in [-0.2, 0) is 0 Å². The third kappa shape index (κ3) is 4.60. The van der Waals surface area contributed by atoms with E-state index >= 15 is 0 Å². The number of allylic oxidation sites excluding steroid dienone is 2. The average molecular weight is 140 g/mol. The summed E-state index contributed by atoms with van der Waals surface area (Å²) < 4.78 is 0. The van der Waals surface area contributed by atoms with Gasteiger partial charge in [0.1, 0.15) is 0 Å². The molecule has 0 aliphatic carbocycles. The first kappa shape index (κ1) is 9.74. The minimum Gasteiger partial charge on any atom is -0.0917 e. The Kier molecular flexibility index (Phi) is 4.42. The Morgan fingerprint density at radius 2 is 1.90 bits per heavy atom. The molecule has 0 aliphatic heterocycles. The van der Waals surface area contributed by atoms with Crippen LogP contribution in [0, 0.1) is 5.41 Å². The SMILES string of the molecule is CC=CCCC(C)(C)CC. The van der Waals surface area contributed by atoms with Gasteiger partial charge in [-0.1, -0.05) is 39.3 Å². The van der Waals surface area contributed by atoms with Gasteiger partial charge in [-0.3, -0.25) is 0 Å². The van der Waals surface area contributed by atoms with Gasteiger partial charge in [-0.05, 0) is 25.2 Å². The highest BCUT2D eigenvalue weighted by molar-refractivity contribution is 4.79. The van der Waals surface area contributed by atoms with E-state index in [1.807, 2.05) is 0 Å². The number of hydrogen-bond acceptors (Lipinski definition) is 0. The van der Waals surface area contributed by atoms with Crippen LogP contribution < -0.4 is 0 Å². The van der Waals surface area contributed by atoms with Crippen molar-refractivity contribution in [2.24, 2.45) is 5.41 Å². The Balaban J connectivity index is 3.46. The Morgan fingerprint density at radius 3 is 2.30 bits per heavy atom. The van der Waals surface area contributed by atoms with Crippen LogP contribution in [0.1, 0.15) is 47.0 Å². The van der Waals surface area contributed by atoms with Gasteiger partial charge in [0, 0.05) is 0 Å². The molecular weight excluding hydrogens is 120 g/mol. The molecule has 0 heterocycles. The van der Waals surface area contributed by atoms with Crippen molar-refractivity contribution >= 4 is 0 Å². The first-order valence-electron chi connectivity index (χ1n) is 4.23. The van der Waals surface area contributed by atoms with Crippen molar-refractivity contribution in [3.63, 3.8) is 0 Å². The Hall–Kier alpha value is -0.260. The van der Waals surface area contributed by atoms with E-state index in [1.165, 1.54) is 19.3 Å². The Morgan fingerprint density at radius 1 is 1.30 bits per heavy atom. The van der Waals surface area contributed by atoms with Gasteiger partial charge in [0.05, 0.1) is 0 Å². The zero-order chi connectivity index (χ0) is 8.04. The lowest BCUT2D eigenvalue weighted by atomic mass is 9.85. The van der Waals surface area contributed by atoms with Crippen molar-refractivity contribution in [2.45, 2.75) is 47.0 Å². The molecule has 0 nitrogen and oxygen atoms in total. The highest BCUT2D eigenvalue weighted by Crippen LogP contribution is 2.25. The standard InChI is InChI=1S/C10H20/c1-5-7-8-9-10(3,4)6-2/h5,7H,6,8-9H2,1-4H3. The molecule has 0 aromatic rings. The molecule has 0 saturated heterocycles. The molecule has 10 heavy (non-hydrogen) atoms. The van der Waals surface area contributed by atoms with Crippen molar-refractivity contribution < 1.29 is 0 Å². The lowest BCUT2D eigenvalue weighted by molar-refractivity contribution is 0.325. The molecular formula is C10H20. The molecule has 0 spiro atoms. The quantitative estimate of drug-likeness (QED) is 0.521. The molecule has 0 fully saturated rings. The lowest BCUT2D eigenvalue weighted by Gasteiger charge is -2.21. The summed E-state index contributed by atoms with van der Waals surface area (Å²) in [7, 11) is 0. The second-order valence-corrected chi connectivity index (χ2v) is 3.63. The van der Waals surface area contributed by atoms with Gasteiger partial charge >= 0.3 is 0 Å². The smallest absolute Gasteiger partial charge is 0.0346 e. The molecule has 0 heteroatoms. The normalized spacial score (nSPS) is 12.8. The van der Waals surface area contributed by atoms with E-state index in [0.29, 0.717) is 5.41 Å². The largest absolute Gasteiger partial charge is 0.0917 e. The zero-order valence-corrected chi connectivity index (χ0v) is 7.78. The van der Waals surface area contributed by atoms with Gasteiger partial charge in [0.15, 0.2) is 0 Å². The topological polar surface area (TPSA) is 0 Å². The summed E-state index contributed by atoms with van der Waals surface area (Å²) in [6.45, 7) is 9.00. The van der Waals surface area contributed by atoms with E-state index in [0.717, 1.165) is 0 Å². The molecule has 0 rings (SSSR count). The zero-order valence-electron chi connectivity index (χ0n) is 7.78. The van der Waals surface area contributed by atoms with Crippen LogP contribution in [0.4, 0.5) is 0 Å². The summed E-state index contributed by atoms with van der Waals surface area (Å²) in [5, 5.41) is 0. The Bertz CT molecular complexity index is 98.6. The number of rotatable bonds is 4. The number of hydrogen-bond donors (Lipinski definition) is 0. The van der Waals surface area contributed by atoms with Gasteiger partial charge in [-0.15, -0.1) is 0 Å². The van der Waals surface area contributed by atoms with Crippen molar-refractivity contribution in [1.82, 2.24) is 0 Å². The second kappa shape index (κ2) is 4.54. The van der Waals surface area contributed by atoms with Gasteiger partial charge in [0.2, 0.25) is 0 Å². The van der Waals surface area contributed by atoms with Crippen LogP contribution in [0.2, 0.25) is 0 Å². The fourth-order valence-electron chi connectivity index (χ4n) is 0.818. The molecule has 60 valence electrons. The third-order valence-corrected chi connectivity index (χ3v) is 2.18. The van der Waals surface area contributed by atoms with Crippen LogP contribution in [0.5, 0.6) is 0 Å². The summed E-state index contributed by atoms with van der Waals surface area (Å²) in [6.07, 6.45) is 8.21. The van der Waals surface area contributed by atoms with E-state index in [-0.39, 0.29) is 0 Å². The van der Waals surface area contributed by atoms with E-state index in [4.69, 9.17) is 0 Å². The summed E-state index contributed by atoms with van der Waals surface area (Å²) in [6, 6.07) is 0. The van der Waals surface area contributed by atoms with E-state index in [2.05, 4.69) is 39.8 Å². The van der Waals surface area contributed by atoms with Gasteiger partial charge in [0.25, 0.3) is 0 Å². The van der Waals surface area contributed by atoms with E-state index in [1.54, 1.807) is 0 Å². The van der Waals surface area contributed by atoms with E-state index in [9.17, 15) is 0 Å². The predicted molar refractivity (Wildman–Crippen MR) is 48.1 cm³/mol. The second-order valence-electron chi connectivity index (χ2n) is 3.63.